The standard InChI is InChI=1S/C40H34F2N6O/c1-2-30-34(41)14-9-25-17-27(43)18-33(35(25)30)31-12-13-32-37(36(31)42)45-39(46-38(32)47-21-28-10-11-29(22-47)44-28)49-23-40-15-6-16-48(40)20-26(19-40)24-7-4-3-5-8-24/h1,3-5,7-14,17-19,28-29,44H,6,15-16,20-23,43H2/t28?,29?,40-/m0/s1. The van der Waals surface area contributed by atoms with Crippen molar-refractivity contribution in [3.8, 4) is 29.5 Å². The van der Waals surface area contributed by atoms with Gasteiger partial charge in [0.1, 0.15) is 23.8 Å². The fourth-order valence-corrected chi connectivity index (χ4v) is 8.21. The minimum absolute atomic E-state index is 0.0584. The number of benzene rings is 4. The molecule has 0 spiro atoms. The Kier molecular flexibility index (Phi) is 6.94. The predicted molar refractivity (Wildman–Crippen MR) is 190 cm³/mol. The number of nitrogens with one attached hydrogen (secondary N) is 1. The molecule has 0 amide bonds. The Morgan fingerprint density at radius 3 is 2.61 bits per heavy atom. The van der Waals surface area contributed by atoms with Gasteiger partial charge in [0.05, 0.1) is 11.1 Å². The Bertz CT molecular complexity index is 2250. The average Bonchev–Trinajstić information content (AvgIpc) is 3.79. The van der Waals surface area contributed by atoms with Gasteiger partial charge in [-0.1, -0.05) is 66.6 Å². The van der Waals surface area contributed by atoms with Crippen LogP contribution in [-0.2, 0) is 0 Å². The van der Waals surface area contributed by atoms with E-state index in [4.69, 9.17) is 26.9 Å². The maximum Gasteiger partial charge on any atom is 0.319 e. The summed E-state index contributed by atoms with van der Waals surface area (Å²) in [5, 5.41) is 5.18. The lowest BCUT2D eigenvalue weighted by Gasteiger charge is -2.34. The highest BCUT2D eigenvalue weighted by molar-refractivity contribution is 6.05. The van der Waals surface area contributed by atoms with Crippen LogP contribution in [0.15, 0.2) is 85.0 Å². The van der Waals surface area contributed by atoms with E-state index in [9.17, 15) is 4.39 Å². The molecular weight excluding hydrogens is 618 g/mol. The summed E-state index contributed by atoms with van der Waals surface area (Å²) in [5.74, 6) is 1.95. The Labute approximate surface area is 283 Å². The monoisotopic (exact) mass is 652 g/mol. The normalized spacial score (nSPS) is 22.9. The SMILES string of the molecule is C#Cc1c(F)ccc2cc(N)cc(-c3ccc4c(N5CC6C=CC(C5)N6)nc(OC[C@]56C=C(c7ccccc7)CN5CCC6)nc4c3F)c12. The van der Waals surface area contributed by atoms with Crippen LogP contribution in [0.4, 0.5) is 20.3 Å². The van der Waals surface area contributed by atoms with Crippen LogP contribution < -0.4 is 20.7 Å². The summed E-state index contributed by atoms with van der Waals surface area (Å²) in [6.07, 6.45) is 14.5. The largest absolute Gasteiger partial charge is 0.461 e. The smallest absolute Gasteiger partial charge is 0.319 e. The van der Waals surface area contributed by atoms with Crippen LogP contribution in [0.1, 0.15) is 24.0 Å². The zero-order chi connectivity index (χ0) is 33.3. The van der Waals surface area contributed by atoms with E-state index in [1.165, 1.54) is 17.2 Å². The van der Waals surface area contributed by atoms with Gasteiger partial charge in [0.2, 0.25) is 0 Å². The molecule has 9 heteroatoms. The molecule has 0 aliphatic carbocycles. The van der Waals surface area contributed by atoms with Crippen molar-refractivity contribution in [3.05, 3.63) is 108 Å². The first-order valence-electron chi connectivity index (χ1n) is 16.7. The number of terminal acetylenes is 1. The van der Waals surface area contributed by atoms with E-state index in [0.29, 0.717) is 52.9 Å². The van der Waals surface area contributed by atoms with Gasteiger partial charge in [0.25, 0.3) is 0 Å². The van der Waals surface area contributed by atoms with Crippen molar-refractivity contribution >= 4 is 38.8 Å². The topological polar surface area (TPSA) is 79.5 Å². The zero-order valence-electron chi connectivity index (χ0n) is 26.8. The summed E-state index contributed by atoms with van der Waals surface area (Å²) in [6, 6.07) is 20.7. The third kappa shape index (κ3) is 4.94. The molecule has 5 heterocycles. The van der Waals surface area contributed by atoms with E-state index in [1.54, 1.807) is 24.3 Å². The lowest BCUT2D eigenvalue weighted by Crippen LogP contribution is -2.52. The highest BCUT2D eigenvalue weighted by atomic mass is 19.1. The second kappa shape index (κ2) is 11.4. The lowest BCUT2D eigenvalue weighted by molar-refractivity contribution is 0.132. The molecular formula is C40H34F2N6O. The number of anilines is 2. The molecule has 2 fully saturated rings. The van der Waals surface area contributed by atoms with Gasteiger partial charge in [0.15, 0.2) is 5.82 Å². The summed E-state index contributed by atoms with van der Waals surface area (Å²) in [7, 11) is 0. The molecule has 0 saturated carbocycles. The maximum absolute atomic E-state index is 17.0. The van der Waals surface area contributed by atoms with E-state index in [2.05, 4.69) is 63.5 Å². The molecule has 2 saturated heterocycles. The van der Waals surface area contributed by atoms with Gasteiger partial charge in [-0.15, -0.1) is 6.42 Å². The number of halogens is 2. The number of ether oxygens (including phenoxy) is 1. The molecule has 3 atom stereocenters. The van der Waals surface area contributed by atoms with Crippen molar-refractivity contribution in [3.63, 3.8) is 0 Å². The number of piperazine rings is 1. The van der Waals surface area contributed by atoms with E-state index >= 15 is 4.39 Å². The van der Waals surface area contributed by atoms with Crippen molar-refractivity contribution in [1.82, 2.24) is 20.2 Å². The van der Waals surface area contributed by atoms with Crippen molar-refractivity contribution in [2.45, 2.75) is 30.5 Å². The Morgan fingerprint density at radius 2 is 1.82 bits per heavy atom. The first-order valence-corrected chi connectivity index (χ1v) is 16.7. The molecule has 1 aromatic heterocycles. The van der Waals surface area contributed by atoms with Gasteiger partial charge in [0, 0.05) is 53.7 Å². The van der Waals surface area contributed by atoms with Crippen molar-refractivity contribution in [2.75, 3.05) is 43.4 Å². The first kappa shape index (κ1) is 29.8. The minimum Gasteiger partial charge on any atom is -0.461 e. The zero-order valence-corrected chi connectivity index (χ0v) is 26.8. The Balaban J connectivity index is 1.16. The highest BCUT2D eigenvalue weighted by Gasteiger charge is 2.45. The summed E-state index contributed by atoms with van der Waals surface area (Å²) in [5.41, 5.74) is 9.68. The minimum atomic E-state index is -0.575. The number of fused-ring (bicyclic) bond motifs is 5. The number of hydrogen-bond donors (Lipinski definition) is 2. The number of hydrogen-bond acceptors (Lipinski definition) is 7. The molecule has 4 aliphatic heterocycles. The van der Waals surface area contributed by atoms with Crippen molar-refractivity contribution in [1.29, 1.82) is 0 Å². The van der Waals surface area contributed by atoms with Crippen molar-refractivity contribution < 1.29 is 13.5 Å². The predicted octanol–water partition coefficient (Wildman–Crippen LogP) is 6.32. The van der Waals surface area contributed by atoms with Gasteiger partial charge in [-0.05, 0) is 65.7 Å². The Morgan fingerprint density at radius 1 is 1.00 bits per heavy atom. The third-order valence-corrected chi connectivity index (χ3v) is 10.5. The molecule has 49 heavy (non-hydrogen) atoms. The quantitative estimate of drug-likeness (QED) is 0.126. The number of nitrogens with two attached hydrogens (primary N) is 1. The van der Waals surface area contributed by atoms with E-state index in [1.807, 2.05) is 12.1 Å². The van der Waals surface area contributed by atoms with Crippen LogP contribution in [0.2, 0.25) is 0 Å². The first-order chi connectivity index (χ1) is 23.9. The summed E-state index contributed by atoms with van der Waals surface area (Å²) in [4.78, 5) is 14.3. The van der Waals surface area contributed by atoms with Gasteiger partial charge < -0.3 is 20.7 Å². The molecule has 244 valence electrons. The molecule has 4 aliphatic rings. The Hall–Kier alpha value is -5.30. The van der Waals surface area contributed by atoms with Crippen LogP contribution in [0.25, 0.3) is 38.4 Å². The van der Waals surface area contributed by atoms with Crippen LogP contribution in [0.3, 0.4) is 0 Å². The molecule has 3 N–H and O–H groups in total. The molecule has 2 bridgehead atoms. The summed E-state index contributed by atoms with van der Waals surface area (Å²) < 4.78 is 38.5. The number of nitrogen functional groups attached to an aromatic ring is 1. The molecule has 0 radical (unpaired) electrons. The third-order valence-electron chi connectivity index (χ3n) is 10.5. The fourth-order valence-electron chi connectivity index (χ4n) is 8.21. The van der Waals surface area contributed by atoms with Gasteiger partial charge in [-0.3, -0.25) is 4.90 Å². The highest BCUT2D eigenvalue weighted by Crippen LogP contribution is 2.42. The molecule has 4 aromatic carbocycles. The molecule has 2 unspecified atom stereocenters. The summed E-state index contributed by atoms with van der Waals surface area (Å²) >= 11 is 0. The molecule has 5 aromatic rings. The number of rotatable bonds is 6. The fraction of sp³-hybridized carbons (Fsp3) is 0.250. The van der Waals surface area contributed by atoms with Gasteiger partial charge >= 0.3 is 6.01 Å². The van der Waals surface area contributed by atoms with E-state index in [-0.39, 0.29) is 40.3 Å². The van der Waals surface area contributed by atoms with Crippen LogP contribution in [0.5, 0.6) is 6.01 Å². The van der Waals surface area contributed by atoms with Gasteiger partial charge in [-0.2, -0.15) is 9.97 Å². The average molecular weight is 653 g/mol. The van der Waals surface area contributed by atoms with Crippen molar-refractivity contribution in [2.24, 2.45) is 0 Å². The van der Waals surface area contributed by atoms with Crippen LogP contribution in [-0.4, -0.2) is 65.3 Å². The number of nitrogens with zero attached hydrogens (tertiary/aromatic N) is 4. The summed E-state index contributed by atoms with van der Waals surface area (Å²) in [6.45, 7) is 3.51. The van der Waals surface area contributed by atoms with Crippen LogP contribution >= 0.6 is 0 Å². The lowest BCUT2D eigenvalue weighted by atomic mass is 9.92. The second-order valence-corrected chi connectivity index (χ2v) is 13.5. The number of aromatic nitrogens is 2. The molecule has 7 nitrogen and oxygen atoms in total. The van der Waals surface area contributed by atoms with E-state index < -0.39 is 11.6 Å². The van der Waals surface area contributed by atoms with Gasteiger partial charge in [-0.25, -0.2) is 8.78 Å². The maximum atomic E-state index is 17.0. The molecule has 9 rings (SSSR count). The van der Waals surface area contributed by atoms with Crippen LogP contribution in [0, 0.1) is 24.0 Å². The van der Waals surface area contributed by atoms with E-state index in [0.717, 1.165) is 25.9 Å². The second-order valence-electron chi connectivity index (χ2n) is 13.5.